The van der Waals surface area contributed by atoms with Crippen LogP contribution in [0.2, 0.25) is 0 Å². The molecule has 2 nitrogen and oxygen atoms in total. The van der Waals surface area contributed by atoms with Crippen molar-refractivity contribution in [3.05, 3.63) is 12.2 Å². The van der Waals surface area contributed by atoms with Gasteiger partial charge in [-0.15, -0.1) is 12.3 Å². The maximum atomic E-state index is 10.6. The molecular formula is C25H40O2S. The number of carboxylic acids is 1. The molecular weight excluding hydrogens is 364 g/mol. The van der Waals surface area contributed by atoms with E-state index in [2.05, 4.69) is 29.8 Å². The highest BCUT2D eigenvalue weighted by Gasteiger charge is 2.45. The summed E-state index contributed by atoms with van der Waals surface area (Å²) < 4.78 is 0. The number of carboxylic acid groups (broad SMARTS) is 1. The number of unbranched alkanes of at least 4 members (excludes halogenated alkanes) is 5. The summed E-state index contributed by atoms with van der Waals surface area (Å²) in [7, 11) is 0. The van der Waals surface area contributed by atoms with Crippen molar-refractivity contribution in [2.24, 2.45) is 23.7 Å². The summed E-state index contributed by atoms with van der Waals surface area (Å²) in [6.45, 7) is 0. The van der Waals surface area contributed by atoms with E-state index in [1.54, 1.807) is 0 Å². The number of hydrogen-bond donors (Lipinski definition) is 1. The lowest BCUT2D eigenvalue weighted by Crippen LogP contribution is -2.22. The molecule has 0 aromatic carbocycles. The molecule has 2 rings (SSSR count). The van der Waals surface area contributed by atoms with Crippen molar-refractivity contribution in [1.82, 2.24) is 0 Å². The minimum absolute atomic E-state index is 0.296. The van der Waals surface area contributed by atoms with Crippen molar-refractivity contribution < 1.29 is 9.90 Å². The average molecular weight is 405 g/mol. The molecule has 28 heavy (non-hydrogen) atoms. The maximum Gasteiger partial charge on any atom is 0.303 e. The maximum absolute atomic E-state index is 10.6. The fourth-order valence-electron chi connectivity index (χ4n) is 5.38. The minimum Gasteiger partial charge on any atom is -0.481 e. The van der Waals surface area contributed by atoms with Crippen LogP contribution < -0.4 is 0 Å². The quantitative estimate of drug-likeness (QED) is 0.172. The van der Waals surface area contributed by atoms with Gasteiger partial charge in [0.2, 0.25) is 0 Å². The van der Waals surface area contributed by atoms with E-state index in [9.17, 15) is 4.79 Å². The van der Waals surface area contributed by atoms with E-state index in [0.717, 1.165) is 42.9 Å². The molecule has 0 aliphatic heterocycles. The Morgan fingerprint density at radius 3 is 2.50 bits per heavy atom. The van der Waals surface area contributed by atoms with E-state index in [-0.39, 0.29) is 0 Å². The van der Waals surface area contributed by atoms with Gasteiger partial charge in [-0.05, 0) is 99.4 Å². The van der Waals surface area contributed by atoms with Crippen LogP contribution in [0.1, 0.15) is 89.9 Å². The molecule has 2 bridgehead atoms. The highest BCUT2D eigenvalue weighted by Crippen LogP contribution is 2.55. The number of rotatable bonds is 16. The van der Waals surface area contributed by atoms with Crippen LogP contribution in [-0.2, 0) is 4.79 Å². The van der Waals surface area contributed by atoms with Crippen LogP contribution in [0, 0.1) is 36.0 Å². The molecule has 4 atom stereocenters. The smallest absolute Gasteiger partial charge is 0.303 e. The van der Waals surface area contributed by atoms with Gasteiger partial charge in [-0.25, -0.2) is 0 Å². The third-order valence-corrected chi connectivity index (χ3v) is 7.95. The number of terminal acetylenes is 1. The molecule has 0 spiro atoms. The highest BCUT2D eigenvalue weighted by molar-refractivity contribution is 7.99. The monoisotopic (exact) mass is 404 g/mol. The summed E-state index contributed by atoms with van der Waals surface area (Å²) in [6, 6.07) is 0. The molecule has 2 aliphatic carbocycles. The van der Waals surface area contributed by atoms with Gasteiger partial charge >= 0.3 is 5.97 Å². The molecule has 2 aliphatic rings. The van der Waals surface area contributed by atoms with E-state index in [1.165, 1.54) is 75.7 Å². The lowest BCUT2D eigenvalue weighted by Gasteiger charge is -2.30. The van der Waals surface area contributed by atoms with Gasteiger partial charge in [-0.1, -0.05) is 25.0 Å². The Labute approximate surface area is 177 Å². The van der Waals surface area contributed by atoms with Gasteiger partial charge < -0.3 is 5.11 Å². The van der Waals surface area contributed by atoms with Gasteiger partial charge in [0.25, 0.3) is 0 Å². The van der Waals surface area contributed by atoms with Gasteiger partial charge in [0.15, 0.2) is 0 Å². The van der Waals surface area contributed by atoms with Crippen LogP contribution in [0.3, 0.4) is 0 Å². The number of aliphatic carboxylic acids is 1. The summed E-state index contributed by atoms with van der Waals surface area (Å²) in [6.07, 6.45) is 26.4. The third-order valence-electron chi connectivity index (χ3n) is 6.80. The normalized spacial score (nSPS) is 26.1. The first-order valence-corrected chi connectivity index (χ1v) is 12.8. The van der Waals surface area contributed by atoms with Crippen LogP contribution in [-0.4, -0.2) is 22.6 Å². The third kappa shape index (κ3) is 8.64. The van der Waals surface area contributed by atoms with E-state index >= 15 is 0 Å². The second-order valence-electron chi connectivity index (χ2n) is 8.78. The molecule has 158 valence electrons. The molecule has 2 saturated carbocycles. The predicted octanol–water partition coefficient (Wildman–Crippen LogP) is 6.95. The van der Waals surface area contributed by atoms with Crippen molar-refractivity contribution in [3.8, 4) is 12.3 Å². The van der Waals surface area contributed by atoms with Crippen LogP contribution in [0.15, 0.2) is 12.2 Å². The Kier molecular flexibility index (Phi) is 11.8. The van der Waals surface area contributed by atoms with E-state index < -0.39 is 5.97 Å². The fourth-order valence-corrected chi connectivity index (χ4v) is 6.40. The standard InChI is InChI=1S/C25H40O2S/c1-2-3-4-7-11-18-28-19-12-10-14-24-22-17-16-21(20-22)23(24)13-8-5-6-9-15-25(26)27/h1,5,8,21-24H,3-4,6-7,9-20H2,(H,26,27)/b8-5-/t21-,22+,23-,24+/m0/s1. The van der Waals surface area contributed by atoms with Crippen LogP contribution >= 0.6 is 11.8 Å². The summed E-state index contributed by atoms with van der Waals surface area (Å²) in [5.41, 5.74) is 0. The zero-order chi connectivity index (χ0) is 20.0. The summed E-state index contributed by atoms with van der Waals surface area (Å²) >= 11 is 2.13. The van der Waals surface area contributed by atoms with Crippen LogP contribution in [0.25, 0.3) is 0 Å². The first kappa shape index (κ1) is 23.4. The van der Waals surface area contributed by atoms with Crippen LogP contribution in [0.4, 0.5) is 0 Å². The molecule has 0 aromatic heterocycles. The lowest BCUT2D eigenvalue weighted by molar-refractivity contribution is -0.137. The summed E-state index contributed by atoms with van der Waals surface area (Å²) in [4.78, 5) is 10.6. The minimum atomic E-state index is -0.677. The van der Waals surface area contributed by atoms with E-state index in [4.69, 9.17) is 11.5 Å². The largest absolute Gasteiger partial charge is 0.481 e. The van der Waals surface area contributed by atoms with Crippen molar-refractivity contribution in [2.45, 2.75) is 89.9 Å². The van der Waals surface area contributed by atoms with Crippen molar-refractivity contribution >= 4 is 17.7 Å². The van der Waals surface area contributed by atoms with Crippen molar-refractivity contribution in [1.29, 1.82) is 0 Å². The number of carbonyl (C=O) groups is 1. The fraction of sp³-hybridized carbons (Fsp3) is 0.800. The molecule has 0 heterocycles. The second kappa shape index (κ2) is 14.2. The first-order chi connectivity index (χ1) is 13.7. The van der Waals surface area contributed by atoms with Crippen molar-refractivity contribution in [2.75, 3.05) is 11.5 Å². The lowest BCUT2D eigenvalue weighted by atomic mass is 9.75. The van der Waals surface area contributed by atoms with Gasteiger partial charge in [0.1, 0.15) is 0 Å². The van der Waals surface area contributed by atoms with Gasteiger partial charge in [0, 0.05) is 12.8 Å². The molecule has 0 unspecified atom stereocenters. The zero-order valence-corrected chi connectivity index (χ0v) is 18.4. The number of thioether (sulfide) groups is 1. The Morgan fingerprint density at radius 1 is 1.00 bits per heavy atom. The molecule has 0 aromatic rings. The molecule has 3 heteroatoms. The first-order valence-electron chi connectivity index (χ1n) is 11.6. The van der Waals surface area contributed by atoms with Crippen molar-refractivity contribution in [3.63, 3.8) is 0 Å². The Morgan fingerprint density at radius 2 is 1.75 bits per heavy atom. The SMILES string of the molecule is C#CCCCCCSCCCC[C@@H]1[C@@H]2CC[C@@H](C2)[C@@H]1C/C=C\CCCC(=O)O. The average Bonchev–Trinajstić information content (AvgIpc) is 3.28. The van der Waals surface area contributed by atoms with Gasteiger partial charge in [-0.2, -0.15) is 11.8 Å². The Bertz CT molecular complexity index is 507. The number of hydrogen-bond acceptors (Lipinski definition) is 2. The summed E-state index contributed by atoms with van der Waals surface area (Å²) in [5, 5.41) is 8.71. The Hall–Kier alpha value is -0.880. The topological polar surface area (TPSA) is 37.3 Å². The van der Waals surface area contributed by atoms with E-state index in [0.29, 0.717) is 6.42 Å². The Balaban J connectivity index is 1.55. The number of allylic oxidation sites excluding steroid dienone is 2. The molecule has 0 radical (unpaired) electrons. The molecule has 0 saturated heterocycles. The van der Waals surface area contributed by atoms with Gasteiger partial charge in [-0.3, -0.25) is 4.79 Å². The van der Waals surface area contributed by atoms with Gasteiger partial charge in [0.05, 0.1) is 0 Å². The zero-order valence-electron chi connectivity index (χ0n) is 17.6. The number of fused-ring (bicyclic) bond motifs is 2. The summed E-state index contributed by atoms with van der Waals surface area (Å²) in [5.74, 6) is 8.49. The van der Waals surface area contributed by atoms with E-state index in [1.807, 2.05) is 0 Å². The van der Waals surface area contributed by atoms with Crippen LogP contribution in [0.5, 0.6) is 0 Å². The molecule has 0 amide bonds. The molecule has 2 fully saturated rings. The second-order valence-corrected chi connectivity index (χ2v) is 10.0. The highest BCUT2D eigenvalue weighted by atomic mass is 32.2. The molecule has 1 N–H and O–H groups in total. The predicted molar refractivity (Wildman–Crippen MR) is 122 cm³/mol.